The first kappa shape index (κ1) is 33.8. The van der Waals surface area contributed by atoms with Gasteiger partial charge in [-0.1, -0.05) is 18.2 Å². The molecule has 11 nitrogen and oxygen atoms in total. The van der Waals surface area contributed by atoms with Crippen LogP contribution in [-0.4, -0.2) is 101 Å². The van der Waals surface area contributed by atoms with E-state index in [2.05, 4.69) is 10.00 Å². The Hall–Kier alpha value is -5.13. The molecule has 3 amide bonds. The summed E-state index contributed by atoms with van der Waals surface area (Å²) in [7, 11) is 3.24. The minimum atomic E-state index is -0.546. The third-order valence-electron chi connectivity index (χ3n) is 8.79. The molecule has 0 atom stereocenters. The molecule has 4 aromatic rings. The molecule has 1 fully saturated rings. The molecule has 6 rings (SSSR count). The number of benzene rings is 2. The van der Waals surface area contributed by atoms with E-state index in [0.29, 0.717) is 68.8 Å². The number of ether oxygens (including phenoxy) is 1. The molecule has 2 aliphatic heterocycles. The maximum atomic E-state index is 16.4. The van der Waals surface area contributed by atoms with Crippen LogP contribution in [0.3, 0.4) is 0 Å². The zero-order valence-corrected chi connectivity index (χ0v) is 28.7. The second-order valence-electron chi connectivity index (χ2n) is 13.7. The number of furan rings is 1. The molecule has 2 aromatic heterocycles. The van der Waals surface area contributed by atoms with Crippen LogP contribution in [0.2, 0.25) is 0 Å². The van der Waals surface area contributed by atoms with Crippen LogP contribution in [0.4, 0.5) is 14.9 Å². The van der Waals surface area contributed by atoms with Crippen molar-refractivity contribution in [3.8, 4) is 11.1 Å². The minimum Gasteiger partial charge on any atom is -0.450 e. The summed E-state index contributed by atoms with van der Waals surface area (Å²) in [5, 5.41) is 4.39. The van der Waals surface area contributed by atoms with Crippen molar-refractivity contribution in [1.82, 2.24) is 24.5 Å². The molecule has 12 heteroatoms. The summed E-state index contributed by atoms with van der Waals surface area (Å²) in [6.45, 7) is 9.28. The Balaban J connectivity index is 1.27. The third-order valence-corrected chi connectivity index (χ3v) is 8.79. The Morgan fingerprint density at radius 3 is 2.37 bits per heavy atom. The molecule has 0 bridgehead atoms. The van der Waals surface area contributed by atoms with Crippen molar-refractivity contribution in [3.63, 3.8) is 0 Å². The number of piperazine rings is 1. The van der Waals surface area contributed by atoms with E-state index in [1.807, 2.05) is 63.4 Å². The highest BCUT2D eigenvalue weighted by Crippen LogP contribution is 2.39. The first-order valence-electron chi connectivity index (χ1n) is 16.6. The molecule has 1 saturated heterocycles. The number of aryl methyl sites for hydroxylation is 1. The maximum Gasteiger partial charge on any atom is 0.410 e. The Morgan fingerprint density at radius 1 is 0.980 bits per heavy atom. The van der Waals surface area contributed by atoms with Crippen LogP contribution < -0.4 is 4.90 Å². The second-order valence-corrected chi connectivity index (χ2v) is 13.7. The van der Waals surface area contributed by atoms with E-state index < -0.39 is 11.4 Å². The van der Waals surface area contributed by atoms with E-state index in [9.17, 15) is 14.4 Å². The molecule has 0 aliphatic carbocycles. The smallest absolute Gasteiger partial charge is 0.410 e. The predicted molar refractivity (Wildman–Crippen MR) is 186 cm³/mol. The van der Waals surface area contributed by atoms with Crippen LogP contribution in [0.25, 0.3) is 27.7 Å². The lowest BCUT2D eigenvalue weighted by atomic mass is 9.93. The molecule has 49 heavy (non-hydrogen) atoms. The number of amides is 3. The molecule has 258 valence electrons. The van der Waals surface area contributed by atoms with Crippen LogP contribution in [-0.2, 0) is 16.1 Å². The lowest BCUT2D eigenvalue weighted by molar-refractivity contribution is -0.131. The monoisotopic (exact) mass is 670 g/mol. The van der Waals surface area contributed by atoms with Gasteiger partial charge in [0.15, 0.2) is 5.76 Å². The van der Waals surface area contributed by atoms with Gasteiger partial charge >= 0.3 is 6.09 Å². The van der Waals surface area contributed by atoms with Gasteiger partial charge in [0.1, 0.15) is 17.0 Å². The number of nitrogens with zero attached hydrogens (tertiary/aromatic N) is 6. The first-order chi connectivity index (χ1) is 23.4. The van der Waals surface area contributed by atoms with Gasteiger partial charge in [-0.3, -0.25) is 14.3 Å². The van der Waals surface area contributed by atoms with Gasteiger partial charge in [-0.05, 0) is 62.6 Å². The number of aromatic nitrogens is 2. The van der Waals surface area contributed by atoms with Crippen LogP contribution in [0.15, 0.2) is 65.4 Å². The highest BCUT2D eigenvalue weighted by Gasteiger charge is 2.28. The zero-order chi connectivity index (χ0) is 34.9. The van der Waals surface area contributed by atoms with Gasteiger partial charge in [-0.25, -0.2) is 9.18 Å². The number of fused-ring (bicyclic) bond motifs is 1. The van der Waals surface area contributed by atoms with Crippen molar-refractivity contribution < 1.29 is 27.9 Å². The molecular weight excluding hydrogens is 627 g/mol. The summed E-state index contributed by atoms with van der Waals surface area (Å²) in [5.41, 5.74) is 3.26. The van der Waals surface area contributed by atoms with Gasteiger partial charge in [0.2, 0.25) is 5.91 Å². The Bertz CT molecular complexity index is 1870. The SMILES string of the molecule is CN(C)C(=O)c1cc2c(F)c(C3=CCCN(C(=O)CCn4cccn4)C3)cc(-c3ccc(N4CCN(C(=O)OC(C)(C)C)CC4)cc3)c2o1. The molecule has 4 heterocycles. The summed E-state index contributed by atoms with van der Waals surface area (Å²) < 4.78 is 29.7. The first-order valence-corrected chi connectivity index (χ1v) is 16.6. The fourth-order valence-corrected chi connectivity index (χ4v) is 6.22. The number of carbonyl (C=O) groups excluding carboxylic acids is 3. The summed E-state index contributed by atoms with van der Waals surface area (Å²) in [6, 6.07) is 13.0. The molecular formula is C37H43FN6O5. The van der Waals surface area contributed by atoms with Crippen molar-refractivity contribution in [2.75, 3.05) is 58.3 Å². The topological polar surface area (TPSA) is 104 Å². The van der Waals surface area contributed by atoms with Gasteiger partial charge in [-0.15, -0.1) is 0 Å². The Labute approximate surface area is 285 Å². The number of carbonyl (C=O) groups is 3. The van der Waals surface area contributed by atoms with Gasteiger partial charge in [0.05, 0.1) is 5.39 Å². The van der Waals surface area contributed by atoms with Crippen LogP contribution in [0, 0.1) is 5.82 Å². The average Bonchev–Trinajstić information content (AvgIpc) is 3.78. The lowest BCUT2D eigenvalue weighted by Gasteiger charge is -2.36. The van der Waals surface area contributed by atoms with E-state index in [-0.39, 0.29) is 41.2 Å². The fraction of sp³-hybridized carbons (Fsp3) is 0.405. The van der Waals surface area contributed by atoms with Crippen molar-refractivity contribution in [2.45, 2.75) is 45.8 Å². The van der Waals surface area contributed by atoms with Crippen LogP contribution in [0.1, 0.15) is 49.7 Å². The Morgan fingerprint density at radius 2 is 1.71 bits per heavy atom. The van der Waals surface area contributed by atoms with Gasteiger partial charge in [0, 0.05) is 102 Å². The minimum absolute atomic E-state index is 0.0208. The lowest BCUT2D eigenvalue weighted by Crippen LogP contribution is -2.50. The standard InChI is InChI=1S/C37H43FN6O5/c1-37(2,3)49-36(47)42-20-18-41(19-21-42)27-11-9-25(10-12-27)29-22-28(33(38)30-23-31(48-34(29)30)35(46)40(4)5)26-8-6-15-43(24-26)32(45)13-17-44-16-7-14-39-44/h7-12,14,16,22-23H,6,13,15,17-21,24H2,1-5H3. The van der Waals surface area contributed by atoms with Gasteiger partial charge in [0.25, 0.3) is 5.91 Å². The number of halogens is 1. The van der Waals surface area contributed by atoms with E-state index in [1.54, 1.807) is 40.8 Å². The Kier molecular flexibility index (Phi) is 9.49. The highest BCUT2D eigenvalue weighted by molar-refractivity contribution is 6.02. The average molecular weight is 671 g/mol. The van der Waals surface area contributed by atoms with Crippen molar-refractivity contribution >= 4 is 40.1 Å². The van der Waals surface area contributed by atoms with Crippen molar-refractivity contribution in [1.29, 1.82) is 0 Å². The molecule has 2 aromatic carbocycles. The second kappa shape index (κ2) is 13.8. The number of anilines is 1. The predicted octanol–water partition coefficient (Wildman–Crippen LogP) is 5.90. The molecule has 2 aliphatic rings. The molecule has 0 radical (unpaired) electrons. The number of rotatable bonds is 7. The van der Waals surface area contributed by atoms with E-state index in [1.165, 1.54) is 11.0 Å². The quantitative estimate of drug-likeness (QED) is 0.241. The maximum absolute atomic E-state index is 16.4. The summed E-state index contributed by atoms with van der Waals surface area (Å²) in [6.07, 6.45) is 6.07. The molecule has 0 N–H and O–H groups in total. The van der Waals surface area contributed by atoms with Gasteiger partial charge < -0.3 is 28.8 Å². The third kappa shape index (κ3) is 7.48. The number of hydrogen-bond acceptors (Lipinski definition) is 7. The normalized spacial score (nSPS) is 15.4. The van der Waals surface area contributed by atoms with Crippen molar-refractivity contribution in [2.24, 2.45) is 0 Å². The van der Waals surface area contributed by atoms with E-state index in [4.69, 9.17) is 9.15 Å². The fourth-order valence-electron chi connectivity index (χ4n) is 6.22. The molecule has 0 saturated carbocycles. The highest BCUT2D eigenvalue weighted by atomic mass is 19.1. The summed E-state index contributed by atoms with van der Waals surface area (Å²) >= 11 is 0. The summed E-state index contributed by atoms with van der Waals surface area (Å²) in [5.74, 6) is -0.830. The summed E-state index contributed by atoms with van der Waals surface area (Å²) in [4.78, 5) is 45.7. The zero-order valence-electron chi connectivity index (χ0n) is 28.7. The molecule has 0 spiro atoms. The van der Waals surface area contributed by atoms with E-state index >= 15 is 4.39 Å². The molecule has 0 unspecified atom stereocenters. The number of hydrogen-bond donors (Lipinski definition) is 0. The van der Waals surface area contributed by atoms with Crippen LogP contribution in [0.5, 0.6) is 0 Å². The van der Waals surface area contributed by atoms with Crippen LogP contribution >= 0.6 is 0 Å². The van der Waals surface area contributed by atoms with Gasteiger partial charge in [-0.2, -0.15) is 5.10 Å². The van der Waals surface area contributed by atoms with E-state index in [0.717, 1.165) is 11.3 Å². The largest absolute Gasteiger partial charge is 0.450 e. The van der Waals surface area contributed by atoms with Crippen molar-refractivity contribution in [3.05, 3.63) is 78.1 Å².